The molecule has 0 bridgehead atoms. The second-order valence-electron chi connectivity index (χ2n) is 10.6. The molecule has 1 amide bonds. The first-order valence-electron chi connectivity index (χ1n) is 12.9. The van der Waals surface area contributed by atoms with Crippen molar-refractivity contribution in [3.05, 3.63) is 70.5 Å². The number of benzene rings is 2. The van der Waals surface area contributed by atoms with Gasteiger partial charge in [-0.15, -0.1) is 13.2 Å². The molecule has 12 heteroatoms. The lowest BCUT2D eigenvalue weighted by Gasteiger charge is -2.40. The Kier molecular flexibility index (Phi) is 7.49. The van der Waals surface area contributed by atoms with Crippen molar-refractivity contribution in [3.8, 4) is 11.5 Å². The smallest absolute Gasteiger partial charge is 0.442 e. The van der Waals surface area contributed by atoms with Crippen molar-refractivity contribution in [2.75, 3.05) is 34.2 Å². The van der Waals surface area contributed by atoms with Crippen molar-refractivity contribution in [2.45, 2.75) is 37.9 Å². The quantitative estimate of drug-likeness (QED) is 0.530. The van der Waals surface area contributed by atoms with Crippen molar-refractivity contribution in [2.24, 2.45) is 10.4 Å². The van der Waals surface area contributed by atoms with Crippen LogP contribution in [0, 0.1) is 5.41 Å². The molecule has 1 saturated carbocycles. The standard InChI is InChI=1S/C28H30ClF3N4O4/c1-34(2)13-14-36-23-21(24(37)35(3)26(36)38)11-12-27(16-22(27)17-7-9-18(29)10-8-17)25(33-23)39-19-5-4-6-20(15-19)40-28(30,31)32/h4-10,15,22,26,38H,11-14,16H2,1-3H3. The summed E-state index contributed by atoms with van der Waals surface area (Å²) >= 11 is 6.11. The molecule has 3 atom stereocenters. The summed E-state index contributed by atoms with van der Waals surface area (Å²) in [7, 11) is 5.34. The molecule has 2 aliphatic heterocycles. The number of aliphatic hydroxyl groups is 1. The Hall–Kier alpha value is -3.28. The summed E-state index contributed by atoms with van der Waals surface area (Å²) in [6.07, 6.45) is -4.51. The van der Waals surface area contributed by atoms with E-state index in [1.54, 1.807) is 24.1 Å². The van der Waals surface area contributed by atoms with Gasteiger partial charge in [-0.3, -0.25) is 9.69 Å². The molecule has 0 saturated heterocycles. The zero-order chi connectivity index (χ0) is 28.8. The third-order valence-electron chi connectivity index (χ3n) is 7.59. The lowest BCUT2D eigenvalue weighted by Crippen LogP contribution is -2.54. The van der Waals surface area contributed by atoms with Gasteiger partial charge in [0.15, 0.2) is 0 Å². The van der Waals surface area contributed by atoms with Gasteiger partial charge in [0.05, 0.1) is 11.0 Å². The molecule has 214 valence electrons. The van der Waals surface area contributed by atoms with Crippen molar-refractivity contribution < 1.29 is 32.5 Å². The molecular weight excluding hydrogens is 549 g/mol. The summed E-state index contributed by atoms with van der Waals surface area (Å²) in [5.74, 6) is -0.0451. The predicted octanol–water partition coefficient (Wildman–Crippen LogP) is 4.81. The van der Waals surface area contributed by atoms with E-state index in [4.69, 9.17) is 21.3 Å². The molecule has 2 aromatic carbocycles. The number of aliphatic imine (C=N–C) groups is 1. The number of nitrogens with zero attached hydrogens (tertiary/aromatic N) is 4. The minimum atomic E-state index is -4.85. The molecule has 1 aliphatic carbocycles. The minimum absolute atomic E-state index is 0.00698. The average Bonchev–Trinajstić information content (AvgIpc) is 3.64. The summed E-state index contributed by atoms with van der Waals surface area (Å²) in [5, 5.41) is 11.6. The lowest BCUT2D eigenvalue weighted by atomic mass is 9.91. The number of hydrogen-bond acceptors (Lipinski definition) is 7. The number of alkyl halides is 3. The highest BCUT2D eigenvalue weighted by molar-refractivity contribution is 6.30. The number of aliphatic hydroxyl groups excluding tert-OH is 1. The maximum atomic E-state index is 13.3. The van der Waals surface area contributed by atoms with Crippen LogP contribution in [0.4, 0.5) is 13.2 Å². The van der Waals surface area contributed by atoms with E-state index < -0.39 is 23.9 Å². The van der Waals surface area contributed by atoms with Crippen LogP contribution < -0.4 is 9.47 Å². The largest absolute Gasteiger partial charge is 0.573 e. The van der Waals surface area contributed by atoms with Gasteiger partial charge in [-0.2, -0.15) is 4.99 Å². The fourth-order valence-corrected chi connectivity index (χ4v) is 5.49. The van der Waals surface area contributed by atoms with Gasteiger partial charge < -0.3 is 24.4 Å². The van der Waals surface area contributed by atoms with Crippen molar-refractivity contribution in [1.29, 1.82) is 0 Å². The first-order valence-corrected chi connectivity index (χ1v) is 13.2. The van der Waals surface area contributed by atoms with E-state index in [1.807, 2.05) is 31.1 Å². The molecular formula is C28H30ClF3N4O4. The molecule has 3 aliphatic rings. The third kappa shape index (κ3) is 5.63. The third-order valence-corrected chi connectivity index (χ3v) is 7.84. The number of ether oxygens (including phenoxy) is 2. The second kappa shape index (κ2) is 10.6. The summed E-state index contributed by atoms with van der Waals surface area (Å²) in [4.78, 5) is 23.1. The maximum absolute atomic E-state index is 13.3. The Morgan fingerprint density at radius 1 is 1.18 bits per heavy atom. The van der Waals surface area contributed by atoms with Crippen LogP contribution in [0.2, 0.25) is 5.02 Å². The van der Waals surface area contributed by atoms with Crippen LogP contribution in [-0.2, 0) is 4.79 Å². The minimum Gasteiger partial charge on any atom is -0.442 e. The van der Waals surface area contributed by atoms with Crippen LogP contribution in [0.3, 0.4) is 0 Å². The topological polar surface area (TPSA) is 77.8 Å². The van der Waals surface area contributed by atoms with Gasteiger partial charge in [0.25, 0.3) is 5.91 Å². The number of carbonyl (C=O) groups excluding carboxylic acids is 1. The highest BCUT2D eigenvalue weighted by Gasteiger charge is 2.61. The molecule has 1 spiro atoms. The van der Waals surface area contributed by atoms with Gasteiger partial charge >= 0.3 is 6.36 Å². The molecule has 5 rings (SSSR count). The van der Waals surface area contributed by atoms with E-state index in [0.29, 0.717) is 48.8 Å². The Morgan fingerprint density at radius 3 is 2.55 bits per heavy atom. The van der Waals surface area contributed by atoms with E-state index in [1.165, 1.54) is 23.1 Å². The molecule has 40 heavy (non-hydrogen) atoms. The summed E-state index contributed by atoms with van der Waals surface area (Å²) < 4.78 is 49.0. The van der Waals surface area contributed by atoms with Gasteiger partial charge in [0, 0.05) is 31.2 Å². The van der Waals surface area contributed by atoms with E-state index in [9.17, 15) is 23.1 Å². The molecule has 1 N–H and O–H groups in total. The van der Waals surface area contributed by atoms with Crippen molar-refractivity contribution in [1.82, 2.24) is 14.7 Å². The van der Waals surface area contributed by atoms with Crippen LogP contribution in [0.1, 0.15) is 30.7 Å². The van der Waals surface area contributed by atoms with E-state index in [2.05, 4.69) is 4.74 Å². The zero-order valence-electron chi connectivity index (χ0n) is 22.3. The van der Waals surface area contributed by atoms with Crippen molar-refractivity contribution >= 4 is 23.4 Å². The Balaban J connectivity index is 1.57. The second-order valence-corrected chi connectivity index (χ2v) is 11.0. The number of rotatable bonds is 6. The molecule has 8 nitrogen and oxygen atoms in total. The van der Waals surface area contributed by atoms with Crippen LogP contribution in [0.15, 0.2) is 64.9 Å². The Morgan fingerprint density at radius 2 is 1.88 bits per heavy atom. The van der Waals surface area contributed by atoms with Gasteiger partial charge in [0.1, 0.15) is 17.3 Å². The Labute approximate surface area is 235 Å². The lowest BCUT2D eigenvalue weighted by molar-refractivity contribution is -0.274. The predicted molar refractivity (Wildman–Crippen MR) is 143 cm³/mol. The SMILES string of the molecule is CN(C)CCN1C2=C(CCC3(CC3c3ccc(Cl)cc3)C(Oc3cccc(OC(F)(F)F)c3)=N2)C(=O)N(C)C1O. The molecule has 2 aromatic rings. The fraction of sp³-hybridized carbons (Fsp3) is 0.429. The number of carbonyl (C=O) groups is 1. The van der Waals surface area contributed by atoms with Crippen LogP contribution in [-0.4, -0.2) is 78.6 Å². The van der Waals surface area contributed by atoms with E-state index >= 15 is 0 Å². The molecule has 1 fully saturated rings. The summed E-state index contributed by atoms with van der Waals surface area (Å²) in [5.41, 5.74) is 0.867. The highest BCUT2D eigenvalue weighted by atomic mass is 35.5. The highest BCUT2D eigenvalue weighted by Crippen LogP contribution is 2.64. The summed E-state index contributed by atoms with van der Waals surface area (Å²) in [6.45, 7) is 0.959. The molecule has 0 aromatic heterocycles. The van der Waals surface area contributed by atoms with Gasteiger partial charge in [0.2, 0.25) is 12.2 Å². The van der Waals surface area contributed by atoms with E-state index in [0.717, 1.165) is 11.6 Å². The molecule has 3 unspecified atom stereocenters. The first kappa shape index (κ1) is 28.3. The fourth-order valence-electron chi connectivity index (χ4n) is 5.37. The van der Waals surface area contributed by atoms with Crippen LogP contribution in [0.25, 0.3) is 0 Å². The van der Waals surface area contributed by atoms with Gasteiger partial charge in [-0.1, -0.05) is 29.8 Å². The Bertz CT molecular complexity index is 1350. The molecule has 2 heterocycles. The van der Waals surface area contributed by atoms with Gasteiger partial charge in [-0.25, -0.2) is 0 Å². The molecule has 0 radical (unpaired) electrons. The normalized spacial score (nSPS) is 24.7. The van der Waals surface area contributed by atoms with E-state index in [-0.39, 0.29) is 23.5 Å². The summed E-state index contributed by atoms with van der Waals surface area (Å²) in [6, 6.07) is 12.7. The first-order chi connectivity index (χ1) is 18.9. The maximum Gasteiger partial charge on any atom is 0.573 e. The average molecular weight is 579 g/mol. The number of amides is 1. The number of likely N-dealkylation sites (N-methyl/N-ethyl adjacent to an activating group) is 2. The van der Waals surface area contributed by atoms with Crippen LogP contribution >= 0.6 is 11.6 Å². The van der Waals surface area contributed by atoms with Gasteiger partial charge in [-0.05, 0) is 69.1 Å². The zero-order valence-corrected chi connectivity index (χ0v) is 23.0. The van der Waals surface area contributed by atoms with Crippen LogP contribution in [0.5, 0.6) is 11.5 Å². The number of hydrogen-bond donors (Lipinski definition) is 1. The monoisotopic (exact) mass is 578 g/mol. The van der Waals surface area contributed by atoms with Crippen molar-refractivity contribution in [3.63, 3.8) is 0 Å². The number of halogens is 4.